The first-order valence-corrected chi connectivity index (χ1v) is 10.8. The summed E-state index contributed by atoms with van der Waals surface area (Å²) in [5.41, 5.74) is 0.700. The normalized spacial score (nSPS) is 18.4. The predicted molar refractivity (Wildman–Crippen MR) is 114 cm³/mol. The molecule has 0 radical (unpaired) electrons. The number of amides is 3. The van der Waals surface area contributed by atoms with E-state index < -0.39 is 5.41 Å². The van der Waals surface area contributed by atoms with Crippen molar-refractivity contribution < 1.29 is 14.4 Å². The number of hydrogen-bond donors (Lipinski definition) is 1. The lowest BCUT2D eigenvalue weighted by Crippen LogP contribution is -2.45. The molecule has 0 spiro atoms. The van der Waals surface area contributed by atoms with E-state index in [1.165, 1.54) is 6.42 Å². The van der Waals surface area contributed by atoms with Gasteiger partial charge in [0, 0.05) is 48.8 Å². The SMILES string of the molecule is CC(C)(C)C(=O)Nc1cccc(C(=O)N2CCC(C(=O)N3CCCCC3)CC2)c1. The van der Waals surface area contributed by atoms with Gasteiger partial charge in [-0.25, -0.2) is 0 Å². The summed E-state index contributed by atoms with van der Waals surface area (Å²) in [6, 6.07) is 7.10. The first-order chi connectivity index (χ1) is 13.8. The minimum atomic E-state index is -0.497. The standard InChI is InChI=1S/C23H33N3O3/c1-23(2,3)22(29)24-19-9-7-8-18(16-19)21(28)26-14-10-17(11-15-26)20(27)25-12-5-4-6-13-25/h7-9,16-17H,4-6,10-15H2,1-3H3,(H,24,29). The molecule has 2 heterocycles. The Labute approximate surface area is 173 Å². The maximum absolute atomic E-state index is 12.9. The van der Waals surface area contributed by atoms with Crippen LogP contribution in [-0.2, 0) is 9.59 Å². The first-order valence-electron chi connectivity index (χ1n) is 10.8. The maximum atomic E-state index is 12.9. The van der Waals surface area contributed by atoms with Gasteiger partial charge in [0.2, 0.25) is 11.8 Å². The molecular weight excluding hydrogens is 366 g/mol. The van der Waals surface area contributed by atoms with Crippen LogP contribution >= 0.6 is 0 Å². The van der Waals surface area contributed by atoms with Gasteiger partial charge in [-0.2, -0.15) is 0 Å². The Morgan fingerprint density at radius 3 is 2.21 bits per heavy atom. The number of rotatable bonds is 3. The molecule has 2 aliphatic rings. The minimum absolute atomic E-state index is 0.0366. The molecule has 0 bridgehead atoms. The fraction of sp³-hybridized carbons (Fsp3) is 0.609. The second-order valence-electron chi connectivity index (χ2n) is 9.24. The number of hydrogen-bond acceptors (Lipinski definition) is 3. The second kappa shape index (κ2) is 8.97. The van der Waals surface area contributed by atoms with Gasteiger partial charge in [-0.3, -0.25) is 14.4 Å². The maximum Gasteiger partial charge on any atom is 0.253 e. The monoisotopic (exact) mass is 399 g/mol. The third kappa shape index (κ3) is 5.37. The Balaban J connectivity index is 1.57. The first kappa shape index (κ1) is 21.3. The Kier molecular flexibility index (Phi) is 6.60. The van der Waals surface area contributed by atoms with Crippen LogP contribution in [0.25, 0.3) is 0 Å². The van der Waals surface area contributed by atoms with E-state index in [4.69, 9.17) is 0 Å². The molecule has 1 aromatic carbocycles. The lowest BCUT2D eigenvalue weighted by Gasteiger charge is -2.35. The fourth-order valence-corrected chi connectivity index (χ4v) is 3.93. The topological polar surface area (TPSA) is 69.7 Å². The molecule has 0 unspecified atom stereocenters. The number of anilines is 1. The zero-order valence-electron chi connectivity index (χ0n) is 17.9. The zero-order valence-corrected chi connectivity index (χ0v) is 17.9. The summed E-state index contributed by atoms with van der Waals surface area (Å²) in [6.45, 7) is 8.52. The molecular formula is C23H33N3O3. The molecule has 6 nitrogen and oxygen atoms in total. The van der Waals surface area contributed by atoms with Crippen molar-refractivity contribution in [1.82, 2.24) is 9.80 Å². The smallest absolute Gasteiger partial charge is 0.253 e. The predicted octanol–water partition coefficient (Wildman–Crippen LogP) is 3.54. The molecule has 0 aromatic heterocycles. The van der Waals surface area contributed by atoms with Gasteiger partial charge in [0.05, 0.1) is 0 Å². The van der Waals surface area contributed by atoms with E-state index in [1.807, 2.05) is 30.6 Å². The summed E-state index contributed by atoms with van der Waals surface area (Å²) in [5, 5.41) is 2.88. The van der Waals surface area contributed by atoms with Gasteiger partial charge < -0.3 is 15.1 Å². The number of benzene rings is 1. The van der Waals surface area contributed by atoms with Crippen LogP contribution in [0.1, 0.15) is 63.2 Å². The van der Waals surface area contributed by atoms with Crippen molar-refractivity contribution in [3.63, 3.8) is 0 Å². The van der Waals surface area contributed by atoms with E-state index in [0.717, 1.165) is 38.8 Å². The average molecular weight is 400 g/mol. The van der Waals surface area contributed by atoms with Gasteiger partial charge in [-0.1, -0.05) is 26.8 Å². The summed E-state index contributed by atoms with van der Waals surface area (Å²) in [7, 11) is 0. The van der Waals surface area contributed by atoms with Crippen LogP contribution in [0, 0.1) is 11.3 Å². The summed E-state index contributed by atoms with van der Waals surface area (Å²) in [4.78, 5) is 41.7. The molecule has 158 valence electrons. The highest BCUT2D eigenvalue weighted by atomic mass is 16.2. The summed E-state index contributed by atoms with van der Waals surface area (Å²) in [6.07, 6.45) is 4.87. The van der Waals surface area contributed by atoms with Gasteiger partial charge in [0.25, 0.3) is 5.91 Å². The largest absolute Gasteiger partial charge is 0.342 e. The molecule has 1 aromatic rings. The van der Waals surface area contributed by atoms with Gasteiger partial charge in [-0.15, -0.1) is 0 Å². The number of nitrogens with one attached hydrogen (secondary N) is 1. The van der Waals surface area contributed by atoms with Crippen LogP contribution in [0.5, 0.6) is 0 Å². The highest BCUT2D eigenvalue weighted by Crippen LogP contribution is 2.24. The zero-order chi connectivity index (χ0) is 21.0. The van der Waals surface area contributed by atoms with Crippen molar-refractivity contribution in [3.8, 4) is 0 Å². The van der Waals surface area contributed by atoms with Gasteiger partial charge in [0.15, 0.2) is 0 Å². The van der Waals surface area contributed by atoms with E-state index in [2.05, 4.69) is 5.32 Å². The van der Waals surface area contributed by atoms with Crippen molar-refractivity contribution in [2.24, 2.45) is 11.3 Å². The van der Waals surface area contributed by atoms with Crippen LogP contribution in [0.3, 0.4) is 0 Å². The average Bonchev–Trinajstić information content (AvgIpc) is 2.73. The van der Waals surface area contributed by atoms with E-state index in [-0.39, 0.29) is 23.6 Å². The summed E-state index contributed by atoms with van der Waals surface area (Å²) < 4.78 is 0. The Bertz CT molecular complexity index is 755. The molecule has 2 fully saturated rings. The molecule has 29 heavy (non-hydrogen) atoms. The number of carbonyl (C=O) groups excluding carboxylic acids is 3. The molecule has 3 rings (SSSR count). The molecule has 1 N–H and O–H groups in total. The Hall–Kier alpha value is -2.37. The van der Waals surface area contributed by atoms with Crippen LogP contribution in [0.2, 0.25) is 0 Å². The fourth-order valence-electron chi connectivity index (χ4n) is 3.93. The molecule has 2 saturated heterocycles. The Morgan fingerprint density at radius 1 is 0.931 bits per heavy atom. The van der Waals surface area contributed by atoms with E-state index in [9.17, 15) is 14.4 Å². The number of carbonyl (C=O) groups is 3. The lowest BCUT2D eigenvalue weighted by molar-refractivity contribution is -0.137. The van der Waals surface area contributed by atoms with Crippen molar-refractivity contribution in [1.29, 1.82) is 0 Å². The van der Waals surface area contributed by atoms with E-state index in [1.54, 1.807) is 24.3 Å². The highest BCUT2D eigenvalue weighted by molar-refractivity contribution is 5.98. The lowest BCUT2D eigenvalue weighted by atomic mass is 9.94. The summed E-state index contributed by atoms with van der Waals surface area (Å²) in [5.74, 6) is 0.179. The van der Waals surface area contributed by atoms with E-state index >= 15 is 0 Å². The molecule has 3 amide bonds. The highest BCUT2D eigenvalue weighted by Gasteiger charge is 2.31. The van der Waals surface area contributed by atoms with Gasteiger partial charge >= 0.3 is 0 Å². The molecule has 6 heteroatoms. The molecule has 0 aliphatic carbocycles. The van der Waals surface area contributed by atoms with Crippen molar-refractivity contribution >= 4 is 23.4 Å². The van der Waals surface area contributed by atoms with Crippen LogP contribution in [-0.4, -0.2) is 53.7 Å². The molecule has 2 aliphatic heterocycles. The Morgan fingerprint density at radius 2 is 1.59 bits per heavy atom. The van der Waals surface area contributed by atoms with Crippen LogP contribution < -0.4 is 5.32 Å². The van der Waals surface area contributed by atoms with Crippen molar-refractivity contribution in [2.45, 2.75) is 52.9 Å². The molecule has 0 saturated carbocycles. The number of likely N-dealkylation sites (tertiary alicyclic amines) is 2. The quantitative estimate of drug-likeness (QED) is 0.845. The summed E-state index contributed by atoms with van der Waals surface area (Å²) >= 11 is 0. The van der Waals surface area contributed by atoms with Crippen LogP contribution in [0.15, 0.2) is 24.3 Å². The van der Waals surface area contributed by atoms with Crippen LogP contribution in [0.4, 0.5) is 5.69 Å². The van der Waals surface area contributed by atoms with Crippen molar-refractivity contribution in [3.05, 3.63) is 29.8 Å². The van der Waals surface area contributed by atoms with Crippen molar-refractivity contribution in [2.75, 3.05) is 31.5 Å². The van der Waals surface area contributed by atoms with Gasteiger partial charge in [-0.05, 0) is 50.3 Å². The minimum Gasteiger partial charge on any atom is -0.342 e. The second-order valence-corrected chi connectivity index (χ2v) is 9.24. The third-order valence-corrected chi connectivity index (χ3v) is 5.85. The third-order valence-electron chi connectivity index (χ3n) is 5.85. The van der Waals surface area contributed by atoms with E-state index in [0.29, 0.717) is 24.3 Å². The molecule has 0 atom stereocenters. The number of piperidine rings is 2. The number of nitrogens with zero attached hydrogens (tertiary/aromatic N) is 2. The van der Waals surface area contributed by atoms with Gasteiger partial charge in [0.1, 0.15) is 0 Å².